The van der Waals surface area contributed by atoms with Crippen LogP contribution in [0.2, 0.25) is 0 Å². The lowest BCUT2D eigenvalue weighted by Gasteiger charge is -2.24. The van der Waals surface area contributed by atoms with Gasteiger partial charge in [0.25, 0.3) is 5.69 Å². The first-order valence-electron chi connectivity index (χ1n) is 8.54. The van der Waals surface area contributed by atoms with Gasteiger partial charge in [0.15, 0.2) is 11.7 Å². The van der Waals surface area contributed by atoms with E-state index >= 15 is 0 Å². The molecule has 0 aromatic carbocycles. The molecule has 0 aliphatic rings. The second kappa shape index (κ2) is 6.77. The molecular weight excluding hydrogens is 325 g/mol. The van der Waals surface area contributed by atoms with Gasteiger partial charge < -0.3 is 0 Å². The number of alkyl halides is 3. The zero-order chi connectivity index (χ0) is 19.0. The number of aromatic nitrogens is 2. The van der Waals surface area contributed by atoms with Crippen LogP contribution in [0.5, 0.6) is 0 Å². The third-order valence-corrected chi connectivity index (χ3v) is 4.62. The number of halogens is 3. The lowest BCUT2D eigenvalue weighted by atomic mass is 9.91. The topological polar surface area (TPSA) is 16.8 Å². The average Bonchev–Trinajstić information content (AvgIpc) is 2.53. The fourth-order valence-electron chi connectivity index (χ4n) is 2.87. The van der Waals surface area contributed by atoms with Crippen molar-refractivity contribution in [2.45, 2.75) is 65.1 Å². The predicted octanol–water partition coefficient (Wildman–Crippen LogP) is 5.42. The van der Waals surface area contributed by atoms with Crippen molar-refractivity contribution >= 4 is 0 Å². The van der Waals surface area contributed by atoms with Crippen molar-refractivity contribution in [1.29, 1.82) is 0 Å². The Balaban J connectivity index is 2.64. The predicted molar refractivity (Wildman–Crippen MR) is 92.5 cm³/mol. The minimum absolute atomic E-state index is 0.0346. The highest BCUT2D eigenvalue weighted by atomic mass is 19.4. The van der Waals surface area contributed by atoms with Crippen molar-refractivity contribution in [2.24, 2.45) is 0 Å². The summed E-state index contributed by atoms with van der Waals surface area (Å²) in [6.07, 6.45) is -1.20. The molecule has 2 aromatic heterocycles. The number of hydrogen-bond acceptors (Lipinski definition) is 1. The van der Waals surface area contributed by atoms with Crippen LogP contribution in [0.4, 0.5) is 13.2 Å². The van der Waals surface area contributed by atoms with Crippen molar-refractivity contribution < 1.29 is 17.7 Å². The van der Waals surface area contributed by atoms with Crippen molar-refractivity contribution in [2.75, 3.05) is 0 Å². The Kier molecular flexibility index (Phi) is 5.26. The van der Waals surface area contributed by atoms with Crippen LogP contribution in [0.3, 0.4) is 0 Å². The highest BCUT2D eigenvalue weighted by molar-refractivity contribution is 5.25. The molecule has 5 heteroatoms. The highest BCUT2D eigenvalue weighted by Gasteiger charge is 2.46. The van der Waals surface area contributed by atoms with Crippen LogP contribution in [-0.2, 0) is 11.7 Å². The summed E-state index contributed by atoms with van der Waals surface area (Å²) in [4.78, 5) is 4.32. The van der Waals surface area contributed by atoms with E-state index in [1.807, 2.05) is 33.8 Å². The van der Waals surface area contributed by atoms with Crippen molar-refractivity contribution in [3.63, 3.8) is 0 Å². The first-order chi connectivity index (χ1) is 11.4. The van der Waals surface area contributed by atoms with Gasteiger partial charge in [-0.1, -0.05) is 27.7 Å². The summed E-state index contributed by atoms with van der Waals surface area (Å²) in [7, 11) is 0. The highest BCUT2D eigenvalue weighted by Crippen LogP contribution is 2.32. The van der Waals surface area contributed by atoms with Gasteiger partial charge in [-0.15, -0.1) is 0 Å². The van der Waals surface area contributed by atoms with E-state index in [2.05, 4.69) is 4.98 Å². The Morgan fingerprint density at radius 1 is 0.960 bits per heavy atom. The van der Waals surface area contributed by atoms with E-state index < -0.39 is 17.4 Å². The maximum Gasteiger partial charge on any atom is 0.477 e. The third kappa shape index (κ3) is 4.02. The van der Waals surface area contributed by atoms with E-state index in [0.717, 1.165) is 11.3 Å². The van der Waals surface area contributed by atoms with Gasteiger partial charge in [0.1, 0.15) is 0 Å². The summed E-state index contributed by atoms with van der Waals surface area (Å²) in [5.41, 5.74) is 0.869. The zero-order valence-electron chi connectivity index (χ0n) is 15.6. The Labute approximate surface area is 147 Å². The molecule has 0 radical (unpaired) electrons. The van der Waals surface area contributed by atoms with Gasteiger partial charge in [-0.3, -0.25) is 4.98 Å². The van der Waals surface area contributed by atoms with Crippen molar-refractivity contribution in [3.05, 3.63) is 59.2 Å². The number of pyridine rings is 2. The zero-order valence-corrected chi connectivity index (χ0v) is 15.6. The molecule has 0 spiro atoms. The Morgan fingerprint density at radius 3 is 2.12 bits per heavy atom. The van der Waals surface area contributed by atoms with Crippen molar-refractivity contribution in [3.8, 4) is 0 Å². The molecule has 2 heterocycles. The molecule has 2 nitrogen and oxygen atoms in total. The monoisotopic (exact) mass is 351 g/mol. The van der Waals surface area contributed by atoms with E-state index in [0.29, 0.717) is 5.56 Å². The van der Waals surface area contributed by atoms with Gasteiger partial charge in [0.05, 0.1) is 0 Å². The smallest absolute Gasteiger partial charge is 0.261 e. The minimum atomic E-state index is -4.42. The molecular formula is C20H26F3N2+. The van der Waals surface area contributed by atoms with Crippen LogP contribution in [0.15, 0.2) is 36.7 Å². The number of rotatable bonds is 4. The Morgan fingerprint density at radius 2 is 1.60 bits per heavy atom. The maximum atomic E-state index is 13.7. The molecule has 0 saturated carbocycles. The van der Waals surface area contributed by atoms with E-state index in [1.165, 1.54) is 10.6 Å². The first kappa shape index (κ1) is 19.4. The van der Waals surface area contributed by atoms with Gasteiger partial charge in [0.2, 0.25) is 0 Å². The van der Waals surface area contributed by atoms with E-state index in [9.17, 15) is 13.2 Å². The van der Waals surface area contributed by atoms with Gasteiger partial charge in [0, 0.05) is 43.4 Å². The lowest BCUT2D eigenvalue weighted by Crippen LogP contribution is -2.57. The quantitative estimate of drug-likeness (QED) is 0.672. The molecule has 0 atom stereocenters. The summed E-state index contributed by atoms with van der Waals surface area (Å²) in [5, 5.41) is 0. The molecule has 0 amide bonds. The molecule has 0 saturated heterocycles. The number of hydrogen-bond donors (Lipinski definition) is 0. The normalized spacial score (nSPS) is 12.9. The Bertz CT molecular complexity index is 747. The van der Waals surface area contributed by atoms with Crippen LogP contribution >= 0.6 is 0 Å². The molecule has 25 heavy (non-hydrogen) atoms. The third-order valence-electron chi connectivity index (χ3n) is 4.62. The summed E-state index contributed by atoms with van der Waals surface area (Å²) in [5.74, 6) is 0.249. The second-order valence-electron chi connectivity index (χ2n) is 7.55. The average molecular weight is 351 g/mol. The van der Waals surface area contributed by atoms with Crippen LogP contribution in [0, 0.1) is 0 Å². The van der Waals surface area contributed by atoms with E-state index in [4.69, 9.17) is 0 Å². The summed E-state index contributed by atoms with van der Waals surface area (Å²) < 4.78 is 42.5. The first-order valence-corrected chi connectivity index (χ1v) is 8.54. The van der Waals surface area contributed by atoms with Crippen molar-refractivity contribution in [1.82, 2.24) is 4.98 Å². The largest absolute Gasteiger partial charge is 0.477 e. The summed E-state index contributed by atoms with van der Waals surface area (Å²) >= 11 is 0. The van der Waals surface area contributed by atoms with Gasteiger partial charge in [-0.05, 0) is 29.5 Å². The van der Waals surface area contributed by atoms with Crippen LogP contribution < -0.4 is 4.57 Å². The molecule has 0 unspecified atom stereocenters. The summed E-state index contributed by atoms with van der Waals surface area (Å²) in [6, 6.07) is 6.72. The van der Waals surface area contributed by atoms with E-state index in [1.54, 1.807) is 38.4 Å². The fourth-order valence-corrected chi connectivity index (χ4v) is 2.87. The van der Waals surface area contributed by atoms with Gasteiger partial charge >= 0.3 is 6.18 Å². The minimum Gasteiger partial charge on any atom is -0.261 e. The van der Waals surface area contributed by atoms with Gasteiger partial charge in [-0.2, -0.15) is 17.7 Å². The molecule has 0 bridgehead atoms. The SMILES string of the molecule is CC(C)c1cc[n+](C(C)(C)c2ccnc(C(C)C)c2)c(C(F)(F)F)c1. The van der Waals surface area contributed by atoms with Gasteiger partial charge in [-0.25, -0.2) is 0 Å². The standard InChI is InChI=1S/C20H26F3N2/c1-13(2)15-8-10-25(18(11-15)20(21,22)23)19(5,6)16-7-9-24-17(12-16)14(3)4/h7-14H,1-6H3/q+1. The van der Waals surface area contributed by atoms with Crippen LogP contribution in [0.25, 0.3) is 0 Å². The molecule has 136 valence electrons. The second-order valence-corrected chi connectivity index (χ2v) is 7.55. The molecule has 0 N–H and O–H groups in total. The number of nitrogens with zero attached hydrogens (tertiary/aromatic N) is 2. The van der Waals surface area contributed by atoms with E-state index in [-0.39, 0.29) is 11.8 Å². The molecule has 2 aromatic rings. The lowest BCUT2D eigenvalue weighted by molar-refractivity contribution is -0.762. The molecule has 2 rings (SSSR count). The maximum absolute atomic E-state index is 13.7. The Hall–Kier alpha value is -1.91. The summed E-state index contributed by atoms with van der Waals surface area (Å²) in [6.45, 7) is 11.4. The fraction of sp³-hybridized carbons (Fsp3) is 0.500. The molecule has 0 aliphatic carbocycles. The van der Waals surface area contributed by atoms with Crippen LogP contribution in [-0.4, -0.2) is 4.98 Å². The molecule has 0 fully saturated rings. The molecule has 0 aliphatic heterocycles. The van der Waals surface area contributed by atoms with Crippen LogP contribution in [0.1, 0.15) is 75.9 Å².